The molecule has 3 aromatic rings. The van der Waals surface area contributed by atoms with Gasteiger partial charge in [0, 0.05) is 30.0 Å². The van der Waals surface area contributed by atoms with Crippen molar-refractivity contribution in [1.82, 2.24) is 4.72 Å². The van der Waals surface area contributed by atoms with Gasteiger partial charge in [0.2, 0.25) is 10.0 Å². The van der Waals surface area contributed by atoms with Crippen LogP contribution in [0.3, 0.4) is 0 Å². The van der Waals surface area contributed by atoms with Crippen molar-refractivity contribution in [3.8, 4) is 5.75 Å². The van der Waals surface area contributed by atoms with Crippen molar-refractivity contribution in [2.75, 3.05) is 6.54 Å². The Morgan fingerprint density at radius 3 is 2.55 bits per heavy atom. The van der Waals surface area contributed by atoms with Crippen molar-refractivity contribution in [3.63, 3.8) is 0 Å². The molecule has 1 heterocycles. The summed E-state index contributed by atoms with van der Waals surface area (Å²) in [7, 11) is -3.64. The quantitative estimate of drug-likeness (QED) is 0.230. The fraction of sp³-hybridized carbons (Fsp3) is 0.333. The topological polar surface area (TPSA) is 103 Å². The van der Waals surface area contributed by atoms with Crippen LogP contribution in [-0.2, 0) is 27.7 Å². The van der Waals surface area contributed by atoms with E-state index in [2.05, 4.69) is 4.72 Å². The molecule has 7 nitrogen and oxygen atoms in total. The fourth-order valence-corrected chi connectivity index (χ4v) is 5.21. The Labute approximate surface area is 196 Å². The van der Waals surface area contributed by atoms with Crippen molar-refractivity contribution in [3.05, 3.63) is 68.5 Å². The summed E-state index contributed by atoms with van der Waals surface area (Å²) in [5.41, 5.74) is 2.58. The van der Waals surface area contributed by atoms with Gasteiger partial charge in [-0.15, -0.1) is 0 Å². The van der Waals surface area contributed by atoms with Crippen LogP contribution in [0.15, 0.2) is 50.5 Å². The van der Waals surface area contributed by atoms with Crippen molar-refractivity contribution < 1.29 is 22.4 Å². The van der Waals surface area contributed by atoms with Gasteiger partial charge < -0.3 is 9.15 Å². The first kappa shape index (κ1) is 23.5. The highest BCUT2D eigenvalue weighted by Crippen LogP contribution is 2.34. The fourth-order valence-electron chi connectivity index (χ4n) is 3.94. The Balaban J connectivity index is 1.38. The maximum absolute atomic E-state index is 12.3. The van der Waals surface area contributed by atoms with Crippen LogP contribution in [0.5, 0.6) is 5.75 Å². The van der Waals surface area contributed by atoms with E-state index in [9.17, 15) is 18.0 Å². The smallest absolute Gasteiger partial charge is 0.339 e. The molecule has 0 spiro atoms. The lowest BCUT2D eigenvalue weighted by Crippen LogP contribution is -2.25. The molecule has 1 aliphatic rings. The second-order valence-electron chi connectivity index (χ2n) is 8.12. The number of carbonyl (C=O) groups excluding carboxylic acids is 1. The number of ether oxygens (including phenoxy) is 1. The molecular formula is C24H24ClNO6S. The largest absolute Gasteiger partial charge is 0.425 e. The third-order valence-electron chi connectivity index (χ3n) is 5.68. The summed E-state index contributed by atoms with van der Waals surface area (Å²) >= 11 is 6.34. The second-order valence-corrected chi connectivity index (χ2v) is 10.3. The molecule has 0 unspecified atom stereocenters. The Morgan fingerprint density at radius 1 is 1.12 bits per heavy atom. The van der Waals surface area contributed by atoms with Gasteiger partial charge in [0.25, 0.3) is 0 Å². The van der Waals surface area contributed by atoms with Crippen molar-refractivity contribution in [1.29, 1.82) is 0 Å². The normalized spacial score (nSPS) is 13.6. The predicted molar refractivity (Wildman–Crippen MR) is 125 cm³/mol. The lowest BCUT2D eigenvalue weighted by Gasteiger charge is -2.17. The first-order chi connectivity index (χ1) is 15.7. The summed E-state index contributed by atoms with van der Waals surface area (Å²) in [6.07, 6.45) is 3.65. The number of rotatable bonds is 7. The van der Waals surface area contributed by atoms with Crippen LogP contribution in [0.25, 0.3) is 11.0 Å². The number of benzene rings is 2. The number of sulfonamides is 1. The number of nitrogens with one attached hydrogen (secondary N) is 1. The van der Waals surface area contributed by atoms with E-state index in [0.29, 0.717) is 17.6 Å². The van der Waals surface area contributed by atoms with Crippen molar-refractivity contribution >= 4 is 38.6 Å². The zero-order valence-electron chi connectivity index (χ0n) is 18.1. The van der Waals surface area contributed by atoms with Crippen LogP contribution >= 0.6 is 11.6 Å². The van der Waals surface area contributed by atoms with E-state index in [0.717, 1.165) is 35.8 Å². The van der Waals surface area contributed by atoms with Gasteiger partial charge in [-0.2, -0.15) is 0 Å². The van der Waals surface area contributed by atoms with Gasteiger partial charge >= 0.3 is 11.6 Å². The van der Waals surface area contributed by atoms with E-state index in [1.165, 1.54) is 18.2 Å². The van der Waals surface area contributed by atoms with Gasteiger partial charge in [0.15, 0.2) is 5.75 Å². The minimum atomic E-state index is -3.64. The molecule has 1 aliphatic carbocycles. The predicted octanol–water partition coefficient (Wildman–Crippen LogP) is 4.30. The highest BCUT2D eigenvalue weighted by molar-refractivity contribution is 7.89. The number of fused-ring (bicyclic) bond motifs is 3. The van der Waals surface area contributed by atoms with E-state index in [4.69, 9.17) is 20.8 Å². The average Bonchev–Trinajstić information content (AvgIpc) is 2.78. The van der Waals surface area contributed by atoms with E-state index >= 15 is 0 Å². The van der Waals surface area contributed by atoms with E-state index < -0.39 is 16.0 Å². The highest BCUT2D eigenvalue weighted by Gasteiger charge is 2.20. The molecule has 0 aliphatic heterocycles. The molecule has 9 heteroatoms. The summed E-state index contributed by atoms with van der Waals surface area (Å²) in [6, 6.07) is 9.63. The molecule has 1 aromatic heterocycles. The Hall–Kier alpha value is -2.68. The molecule has 0 radical (unpaired) electrons. The van der Waals surface area contributed by atoms with Crippen LogP contribution in [0.1, 0.15) is 42.4 Å². The third kappa shape index (κ3) is 5.29. The molecule has 0 bridgehead atoms. The van der Waals surface area contributed by atoms with E-state index in [1.54, 1.807) is 18.2 Å². The van der Waals surface area contributed by atoms with Gasteiger partial charge in [0.05, 0.1) is 9.92 Å². The van der Waals surface area contributed by atoms with Gasteiger partial charge in [-0.3, -0.25) is 4.79 Å². The standard InChI is InChI=1S/C24H24ClNO6S/c1-15-8-10-16(11-9-15)33(29,30)26-12-4-7-23(27)31-22-14-21-19(13-20(22)25)17-5-2-3-6-18(17)24(28)32-21/h8-11,13-14,26H,2-7,12H2,1H3. The molecule has 2 aromatic carbocycles. The van der Waals surface area contributed by atoms with E-state index in [1.807, 2.05) is 6.92 Å². The molecule has 0 saturated carbocycles. The van der Waals surface area contributed by atoms with Crippen LogP contribution < -0.4 is 15.1 Å². The van der Waals surface area contributed by atoms with Crippen LogP contribution in [0, 0.1) is 6.92 Å². The Morgan fingerprint density at radius 2 is 1.82 bits per heavy atom. The number of hydrogen-bond acceptors (Lipinski definition) is 6. The summed E-state index contributed by atoms with van der Waals surface area (Å²) in [4.78, 5) is 24.8. The van der Waals surface area contributed by atoms with Gasteiger partial charge in [-0.25, -0.2) is 17.9 Å². The van der Waals surface area contributed by atoms with Gasteiger partial charge in [0.1, 0.15) is 5.58 Å². The van der Waals surface area contributed by atoms with E-state index in [-0.39, 0.29) is 40.7 Å². The zero-order chi connectivity index (χ0) is 23.6. The number of halogens is 1. The van der Waals surface area contributed by atoms with Crippen LogP contribution in [0.4, 0.5) is 0 Å². The van der Waals surface area contributed by atoms with Gasteiger partial charge in [-0.05, 0) is 62.8 Å². The molecule has 174 valence electrons. The molecular weight excluding hydrogens is 466 g/mol. The zero-order valence-corrected chi connectivity index (χ0v) is 19.7. The SMILES string of the molecule is Cc1ccc(S(=O)(=O)NCCCC(=O)Oc2cc3oc(=O)c4c(c3cc2Cl)CCCC4)cc1. The summed E-state index contributed by atoms with van der Waals surface area (Å²) in [6.45, 7) is 1.95. The second kappa shape index (κ2) is 9.67. The maximum Gasteiger partial charge on any atom is 0.339 e. The minimum absolute atomic E-state index is 0.0150. The molecule has 1 N–H and O–H groups in total. The number of aryl methyl sites for hydroxylation is 2. The lowest BCUT2D eigenvalue weighted by molar-refractivity contribution is -0.134. The first-order valence-corrected chi connectivity index (χ1v) is 12.7. The molecule has 0 atom stereocenters. The first-order valence-electron chi connectivity index (χ1n) is 10.8. The summed E-state index contributed by atoms with van der Waals surface area (Å²) in [5, 5.41) is 1.01. The highest BCUT2D eigenvalue weighted by atomic mass is 35.5. The number of carbonyl (C=O) groups is 1. The molecule has 4 rings (SSSR count). The lowest BCUT2D eigenvalue weighted by atomic mass is 9.91. The Kier molecular flexibility index (Phi) is 6.88. The third-order valence-corrected chi connectivity index (χ3v) is 7.45. The van der Waals surface area contributed by atoms with Gasteiger partial charge in [-0.1, -0.05) is 29.3 Å². The van der Waals surface area contributed by atoms with Crippen LogP contribution in [0.2, 0.25) is 5.02 Å². The molecule has 0 fully saturated rings. The van der Waals surface area contributed by atoms with Crippen LogP contribution in [-0.4, -0.2) is 20.9 Å². The maximum atomic E-state index is 12.3. The number of hydrogen-bond donors (Lipinski definition) is 1. The summed E-state index contributed by atoms with van der Waals surface area (Å²) < 4.78 is 37.9. The minimum Gasteiger partial charge on any atom is -0.425 e. The van der Waals surface area contributed by atoms with Crippen molar-refractivity contribution in [2.45, 2.75) is 50.3 Å². The average molecular weight is 490 g/mol. The summed E-state index contributed by atoms with van der Waals surface area (Å²) in [5.74, 6) is -0.459. The van der Waals surface area contributed by atoms with Crippen molar-refractivity contribution in [2.24, 2.45) is 0 Å². The molecule has 0 amide bonds. The monoisotopic (exact) mass is 489 g/mol. The number of esters is 1. The molecule has 33 heavy (non-hydrogen) atoms. The Bertz CT molecular complexity index is 1360. The molecule has 0 saturated heterocycles.